The summed E-state index contributed by atoms with van der Waals surface area (Å²) in [6, 6.07) is 19.1. The summed E-state index contributed by atoms with van der Waals surface area (Å²) >= 11 is 0. The van der Waals surface area contributed by atoms with Crippen molar-refractivity contribution in [2.75, 3.05) is 19.7 Å². The van der Waals surface area contributed by atoms with Crippen LogP contribution in [0.1, 0.15) is 23.6 Å². The Bertz CT molecular complexity index is 645. The SMILES string of the molecule is N[C@H](C(=O)N1CC[C@H](COCc2ccccc2)C1)c1ccccc1. The fraction of sp³-hybridized carbons (Fsp3) is 0.350. The minimum absolute atomic E-state index is 0.00626. The van der Waals surface area contributed by atoms with E-state index < -0.39 is 6.04 Å². The van der Waals surface area contributed by atoms with Crippen LogP contribution >= 0.6 is 0 Å². The van der Waals surface area contributed by atoms with Crippen molar-refractivity contribution in [3.8, 4) is 0 Å². The highest BCUT2D eigenvalue weighted by Crippen LogP contribution is 2.21. The first kappa shape index (κ1) is 16.7. The van der Waals surface area contributed by atoms with Crippen molar-refractivity contribution in [1.29, 1.82) is 0 Å². The predicted octanol–water partition coefficient (Wildman–Crippen LogP) is 2.75. The molecular formula is C20H24N2O2. The normalized spacial score (nSPS) is 18.5. The van der Waals surface area contributed by atoms with E-state index in [9.17, 15) is 4.79 Å². The maximum atomic E-state index is 12.5. The molecule has 0 unspecified atom stereocenters. The Hall–Kier alpha value is -2.17. The van der Waals surface area contributed by atoms with E-state index in [1.807, 2.05) is 53.4 Å². The molecule has 1 aliphatic heterocycles. The quantitative estimate of drug-likeness (QED) is 0.889. The van der Waals surface area contributed by atoms with Crippen molar-refractivity contribution in [2.24, 2.45) is 11.7 Å². The molecular weight excluding hydrogens is 300 g/mol. The van der Waals surface area contributed by atoms with Gasteiger partial charge in [-0.25, -0.2) is 0 Å². The molecule has 0 aliphatic carbocycles. The van der Waals surface area contributed by atoms with Gasteiger partial charge in [-0.2, -0.15) is 0 Å². The van der Waals surface area contributed by atoms with Crippen LogP contribution in [0.5, 0.6) is 0 Å². The molecule has 0 spiro atoms. The minimum Gasteiger partial charge on any atom is -0.376 e. The van der Waals surface area contributed by atoms with E-state index in [-0.39, 0.29) is 5.91 Å². The average Bonchev–Trinajstić information content (AvgIpc) is 3.11. The van der Waals surface area contributed by atoms with E-state index in [0.717, 1.165) is 25.1 Å². The number of carbonyl (C=O) groups excluding carboxylic acids is 1. The van der Waals surface area contributed by atoms with Gasteiger partial charge in [0.1, 0.15) is 6.04 Å². The van der Waals surface area contributed by atoms with E-state index in [1.54, 1.807) is 0 Å². The number of hydrogen-bond donors (Lipinski definition) is 1. The average molecular weight is 324 g/mol. The third-order valence-electron chi connectivity index (χ3n) is 4.49. The van der Waals surface area contributed by atoms with E-state index >= 15 is 0 Å². The van der Waals surface area contributed by atoms with Gasteiger partial charge in [0.25, 0.3) is 0 Å². The van der Waals surface area contributed by atoms with Crippen molar-refractivity contribution in [3.63, 3.8) is 0 Å². The van der Waals surface area contributed by atoms with Crippen LogP contribution < -0.4 is 5.73 Å². The topological polar surface area (TPSA) is 55.6 Å². The summed E-state index contributed by atoms with van der Waals surface area (Å²) in [5.41, 5.74) is 8.16. The Labute approximate surface area is 143 Å². The second-order valence-corrected chi connectivity index (χ2v) is 6.33. The highest BCUT2D eigenvalue weighted by Gasteiger charge is 2.29. The van der Waals surface area contributed by atoms with Gasteiger partial charge in [0, 0.05) is 19.0 Å². The van der Waals surface area contributed by atoms with Crippen LogP contribution in [0.2, 0.25) is 0 Å². The van der Waals surface area contributed by atoms with Crippen LogP contribution in [0.15, 0.2) is 60.7 Å². The molecule has 2 aromatic carbocycles. The molecule has 24 heavy (non-hydrogen) atoms. The van der Waals surface area contributed by atoms with Crippen molar-refractivity contribution < 1.29 is 9.53 Å². The first-order valence-electron chi connectivity index (χ1n) is 8.45. The Morgan fingerprint density at radius 2 is 1.79 bits per heavy atom. The number of carbonyl (C=O) groups is 1. The molecule has 1 amide bonds. The van der Waals surface area contributed by atoms with Crippen LogP contribution in [-0.4, -0.2) is 30.5 Å². The molecule has 2 aromatic rings. The van der Waals surface area contributed by atoms with Crippen LogP contribution in [0.3, 0.4) is 0 Å². The predicted molar refractivity (Wildman–Crippen MR) is 94.2 cm³/mol. The van der Waals surface area contributed by atoms with Gasteiger partial charge in [0.2, 0.25) is 5.91 Å². The molecule has 1 heterocycles. The number of rotatable bonds is 6. The monoisotopic (exact) mass is 324 g/mol. The Morgan fingerprint density at radius 1 is 1.12 bits per heavy atom. The molecule has 1 aliphatic rings. The highest BCUT2D eigenvalue weighted by molar-refractivity contribution is 5.83. The fourth-order valence-electron chi connectivity index (χ4n) is 3.09. The summed E-state index contributed by atoms with van der Waals surface area (Å²) in [7, 11) is 0. The second kappa shape index (κ2) is 8.08. The van der Waals surface area contributed by atoms with Gasteiger partial charge >= 0.3 is 0 Å². The molecule has 0 saturated carbocycles. The van der Waals surface area contributed by atoms with E-state index in [2.05, 4.69) is 12.1 Å². The molecule has 4 nitrogen and oxygen atoms in total. The van der Waals surface area contributed by atoms with Crippen LogP contribution in [0.4, 0.5) is 0 Å². The van der Waals surface area contributed by atoms with Crippen molar-refractivity contribution >= 4 is 5.91 Å². The molecule has 0 aromatic heterocycles. The van der Waals surface area contributed by atoms with Gasteiger partial charge < -0.3 is 15.4 Å². The molecule has 3 rings (SSSR count). The number of amides is 1. The first-order valence-corrected chi connectivity index (χ1v) is 8.45. The zero-order valence-corrected chi connectivity index (χ0v) is 13.8. The lowest BCUT2D eigenvalue weighted by Gasteiger charge is -2.21. The summed E-state index contributed by atoms with van der Waals surface area (Å²) in [4.78, 5) is 14.4. The summed E-state index contributed by atoms with van der Waals surface area (Å²) in [5.74, 6) is 0.396. The fourth-order valence-corrected chi connectivity index (χ4v) is 3.09. The maximum Gasteiger partial charge on any atom is 0.244 e. The largest absolute Gasteiger partial charge is 0.376 e. The molecule has 0 radical (unpaired) electrons. The summed E-state index contributed by atoms with van der Waals surface area (Å²) in [5, 5.41) is 0. The smallest absolute Gasteiger partial charge is 0.244 e. The van der Waals surface area contributed by atoms with Gasteiger partial charge in [-0.05, 0) is 17.5 Å². The molecule has 2 N–H and O–H groups in total. The zero-order valence-electron chi connectivity index (χ0n) is 13.8. The maximum absolute atomic E-state index is 12.5. The van der Waals surface area contributed by atoms with Crippen LogP contribution in [0.25, 0.3) is 0 Å². The lowest BCUT2D eigenvalue weighted by atomic mass is 10.1. The Morgan fingerprint density at radius 3 is 2.50 bits per heavy atom. The third kappa shape index (κ3) is 4.22. The highest BCUT2D eigenvalue weighted by atomic mass is 16.5. The molecule has 1 fully saturated rings. The van der Waals surface area contributed by atoms with Crippen LogP contribution in [0, 0.1) is 5.92 Å². The van der Waals surface area contributed by atoms with Gasteiger partial charge in [-0.3, -0.25) is 4.79 Å². The van der Waals surface area contributed by atoms with Gasteiger partial charge in [-0.1, -0.05) is 60.7 Å². The molecule has 2 atom stereocenters. The summed E-state index contributed by atoms with van der Waals surface area (Å²) in [6.45, 7) is 2.79. The lowest BCUT2D eigenvalue weighted by molar-refractivity contribution is -0.131. The van der Waals surface area contributed by atoms with E-state index in [0.29, 0.717) is 19.1 Å². The lowest BCUT2D eigenvalue weighted by Crippen LogP contribution is -2.37. The Kier molecular flexibility index (Phi) is 5.62. The standard InChI is InChI=1S/C20H24N2O2/c21-19(18-9-5-2-6-10-18)20(23)22-12-11-17(13-22)15-24-14-16-7-3-1-4-8-16/h1-10,17,19H,11-15,21H2/t17-,19-/m0/s1. The zero-order chi connectivity index (χ0) is 16.8. The Balaban J connectivity index is 1.45. The number of likely N-dealkylation sites (tertiary alicyclic amines) is 1. The minimum atomic E-state index is -0.574. The molecule has 126 valence electrons. The molecule has 4 heteroatoms. The number of nitrogens with zero attached hydrogens (tertiary/aromatic N) is 1. The van der Waals surface area contributed by atoms with Gasteiger partial charge in [0.05, 0.1) is 13.2 Å². The van der Waals surface area contributed by atoms with Gasteiger partial charge in [0.15, 0.2) is 0 Å². The van der Waals surface area contributed by atoms with E-state index in [4.69, 9.17) is 10.5 Å². The number of nitrogens with two attached hydrogens (primary N) is 1. The molecule has 0 bridgehead atoms. The van der Waals surface area contributed by atoms with Crippen molar-refractivity contribution in [3.05, 3.63) is 71.8 Å². The summed E-state index contributed by atoms with van der Waals surface area (Å²) in [6.07, 6.45) is 0.974. The number of ether oxygens (including phenoxy) is 1. The van der Waals surface area contributed by atoms with E-state index in [1.165, 1.54) is 5.56 Å². The second-order valence-electron chi connectivity index (χ2n) is 6.33. The first-order chi connectivity index (χ1) is 11.7. The third-order valence-corrected chi connectivity index (χ3v) is 4.49. The molecule has 1 saturated heterocycles. The number of benzene rings is 2. The van der Waals surface area contributed by atoms with Gasteiger partial charge in [-0.15, -0.1) is 0 Å². The summed E-state index contributed by atoms with van der Waals surface area (Å²) < 4.78 is 5.81. The van der Waals surface area contributed by atoms with Crippen LogP contribution in [-0.2, 0) is 16.1 Å². The number of hydrogen-bond acceptors (Lipinski definition) is 3. The van der Waals surface area contributed by atoms with Crippen molar-refractivity contribution in [1.82, 2.24) is 4.90 Å². The van der Waals surface area contributed by atoms with Crippen molar-refractivity contribution in [2.45, 2.75) is 19.1 Å².